The van der Waals surface area contributed by atoms with E-state index in [1.165, 1.54) is 12.2 Å². The lowest BCUT2D eigenvalue weighted by molar-refractivity contribution is -0.134. The Labute approximate surface area is 63.0 Å². The fourth-order valence-electron chi connectivity index (χ4n) is 0.808. The van der Waals surface area contributed by atoms with Crippen LogP contribution in [-0.2, 0) is 9.59 Å². The van der Waals surface area contributed by atoms with Gasteiger partial charge >= 0.3 is 5.97 Å². The van der Waals surface area contributed by atoms with Crippen LogP contribution in [0.2, 0.25) is 0 Å². The van der Waals surface area contributed by atoms with Crippen molar-refractivity contribution in [1.29, 1.82) is 0 Å². The number of carbonyl (C=O) groups excluding carboxylic acids is 1. The van der Waals surface area contributed by atoms with Crippen molar-refractivity contribution in [3.8, 4) is 0 Å². The van der Waals surface area contributed by atoms with Gasteiger partial charge in [-0.15, -0.1) is 0 Å². The maximum atomic E-state index is 10.8. The normalized spacial score (nSPS) is 17.3. The number of carboxylic acids is 1. The molecule has 0 aliphatic heterocycles. The van der Waals surface area contributed by atoms with Crippen molar-refractivity contribution in [2.45, 2.75) is 6.42 Å². The Morgan fingerprint density at radius 1 is 1.64 bits per heavy atom. The van der Waals surface area contributed by atoms with Gasteiger partial charge in [-0.25, -0.2) is 4.79 Å². The minimum absolute atomic E-state index is 0.0873. The zero-order valence-electron chi connectivity index (χ0n) is 5.70. The SMILES string of the molecule is NC1=CCC(=O)C(C(=O)O)=C1. The van der Waals surface area contributed by atoms with Gasteiger partial charge in [0.1, 0.15) is 5.57 Å². The molecule has 4 heteroatoms. The van der Waals surface area contributed by atoms with Crippen molar-refractivity contribution in [2.24, 2.45) is 5.73 Å². The lowest BCUT2D eigenvalue weighted by Gasteiger charge is -2.04. The smallest absolute Gasteiger partial charge is 0.339 e. The Morgan fingerprint density at radius 3 is 2.73 bits per heavy atom. The van der Waals surface area contributed by atoms with Crippen LogP contribution in [-0.4, -0.2) is 16.9 Å². The van der Waals surface area contributed by atoms with E-state index in [9.17, 15) is 9.59 Å². The highest BCUT2D eigenvalue weighted by Gasteiger charge is 2.18. The van der Waals surface area contributed by atoms with E-state index >= 15 is 0 Å². The monoisotopic (exact) mass is 153 g/mol. The zero-order chi connectivity index (χ0) is 8.43. The third-order valence-corrected chi connectivity index (χ3v) is 1.36. The summed E-state index contributed by atoms with van der Waals surface area (Å²) in [7, 11) is 0. The highest BCUT2D eigenvalue weighted by molar-refractivity contribution is 6.18. The van der Waals surface area contributed by atoms with Crippen LogP contribution in [0.4, 0.5) is 0 Å². The van der Waals surface area contributed by atoms with E-state index in [1.54, 1.807) is 0 Å². The van der Waals surface area contributed by atoms with Crippen LogP contribution in [0.1, 0.15) is 6.42 Å². The molecule has 0 saturated carbocycles. The lowest BCUT2D eigenvalue weighted by atomic mass is 10.0. The van der Waals surface area contributed by atoms with Crippen molar-refractivity contribution in [3.05, 3.63) is 23.4 Å². The summed E-state index contributed by atoms with van der Waals surface area (Å²) in [6, 6.07) is 0. The molecule has 58 valence electrons. The third kappa shape index (κ3) is 1.46. The molecule has 0 amide bonds. The molecule has 1 aliphatic carbocycles. The van der Waals surface area contributed by atoms with Gasteiger partial charge in [0.15, 0.2) is 5.78 Å². The Morgan fingerprint density at radius 2 is 2.27 bits per heavy atom. The predicted octanol–water partition coefficient (Wildman–Crippen LogP) is -0.187. The molecule has 3 N–H and O–H groups in total. The van der Waals surface area contributed by atoms with Gasteiger partial charge < -0.3 is 10.8 Å². The second kappa shape index (κ2) is 2.57. The fraction of sp³-hybridized carbons (Fsp3) is 0.143. The molecule has 0 spiro atoms. The molecule has 0 bridgehead atoms. The van der Waals surface area contributed by atoms with Crippen molar-refractivity contribution in [3.63, 3.8) is 0 Å². The predicted molar refractivity (Wildman–Crippen MR) is 37.6 cm³/mol. The van der Waals surface area contributed by atoms with Crippen molar-refractivity contribution >= 4 is 11.8 Å². The molecule has 0 atom stereocenters. The van der Waals surface area contributed by atoms with E-state index in [1.807, 2.05) is 0 Å². The van der Waals surface area contributed by atoms with Gasteiger partial charge in [-0.3, -0.25) is 4.79 Å². The number of nitrogens with two attached hydrogens (primary N) is 1. The van der Waals surface area contributed by atoms with Gasteiger partial charge in [0, 0.05) is 12.1 Å². The van der Waals surface area contributed by atoms with Crippen molar-refractivity contribution in [2.75, 3.05) is 0 Å². The van der Waals surface area contributed by atoms with Gasteiger partial charge in [-0.05, 0) is 6.08 Å². The molecule has 0 saturated heterocycles. The lowest BCUT2D eigenvalue weighted by Crippen LogP contribution is -2.16. The first kappa shape index (κ1) is 7.53. The molecule has 0 fully saturated rings. The summed E-state index contributed by atoms with van der Waals surface area (Å²) in [5.74, 6) is -1.61. The van der Waals surface area contributed by atoms with Gasteiger partial charge in [-0.2, -0.15) is 0 Å². The highest BCUT2D eigenvalue weighted by Crippen LogP contribution is 2.10. The Hall–Kier alpha value is -1.58. The van der Waals surface area contributed by atoms with Crippen LogP contribution in [0.15, 0.2) is 23.4 Å². The number of ketones is 1. The number of Topliss-reactive ketones (excluding diaryl/α,β-unsaturated/α-hetero) is 1. The minimum Gasteiger partial charge on any atom is -0.478 e. The molecular formula is C7H7NO3. The summed E-state index contributed by atoms with van der Waals surface area (Å²) in [6.45, 7) is 0. The highest BCUT2D eigenvalue weighted by atomic mass is 16.4. The molecule has 0 heterocycles. The largest absolute Gasteiger partial charge is 0.478 e. The van der Waals surface area contributed by atoms with Gasteiger partial charge in [-0.1, -0.05) is 6.08 Å². The van der Waals surface area contributed by atoms with Crippen LogP contribution in [0, 0.1) is 0 Å². The molecule has 0 aromatic carbocycles. The average molecular weight is 153 g/mol. The summed E-state index contributed by atoms with van der Waals surface area (Å²) in [4.78, 5) is 21.2. The standard InChI is InChI=1S/C7H7NO3/c8-4-1-2-6(9)5(3-4)7(10)11/h1,3H,2,8H2,(H,10,11). The van der Waals surface area contributed by atoms with Crippen LogP contribution in [0.5, 0.6) is 0 Å². The average Bonchev–Trinajstić information content (AvgIpc) is 1.94. The van der Waals surface area contributed by atoms with E-state index in [0.29, 0.717) is 5.70 Å². The molecule has 4 nitrogen and oxygen atoms in total. The zero-order valence-corrected chi connectivity index (χ0v) is 5.70. The van der Waals surface area contributed by atoms with E-state index in [-0.39, 0.29) is 12.0 Å². The number of carboxylic acid groups (broad SMARTS) is 1. The molecule has 0 unspecified atom stereocenters. The summed E-state index contributed by atoms with van der Waals surface area (Å²) >= 11 is 0. The summed E-state index contributed by atoms with van der Waals surface area (Å²) in [5.41, 5.74) is 5.40. The number of hydrogen-bond acceptors (Lipinski definition) is 3. The first-order valence-corrected chi connectivity index (χ1v) is 3.05. The van der Waals surface area contributed by atoms with Crippen LogP contribution in [0.25, 0.3) is 0 Å². The molecule has 0 aromatic rings. The second-order valence-corrected chi connectivity index (χ2v) is 2.19. The first-order chi connectivity index (χ1) is 5.11. The Balaban J connectivity index is 2.99. The number of rotatable bonds is 1. The molecule has 11 heavy (non-hydrogen) atoms. The maximum absolute atomic E-state index is 10.8. The number of hydrogen-bond donors (Lipinski definition) is 2. The first-order valence-electron chi connectivity index (χ1n) is 3.05. The van der Waals surface area contributed by atoms with E-state index in [2.05, 4.69) is 0 Å². The minimum atomic E-state index is -1.22. The van der Waals surface area contributed by atoms with Crippen molar-refractivity contribution < 1.29 is 14.7 Å². The topological polar surface area (TPSA) is 80.4 Å². The molecule has 1 rings (SSSR count). The molecule has 0 aromatic heterocycles. The fourth-order valence-corrected chi connectivity index (χ4v) is 0.808. The van der Waals surface area contributed by atoms with E-state index in [0.717, 1.165) is 0 Å². The summed E-state index contributed by atoms with van der Waals surface area (Å²) in [6.07, 6.45) is 2.76. The number of aliphatic carboxylic acids is 1. The quantitative estimate of drug-likeness (QED) is 0.512. The molecule has 1 aliphatic rings. The molecular weight excluding hydrogens is 146 g/mol. The Kier molecular flexibility index (Phi) is 1.76. The van der Waals surface area contributed by atoms with Gasteiger partial charge in [0.05, 0.1) is 0 Å². The molecule has 0 radical (unpaired) electrons. The summed E-state index contributed by atoms with van der Waals surface area (Å²) < 4.78 is 0. The maximum Gasteiger partial charge on any atom is 0.339 e. The summed E-state index contributed by atoms with van der Waals surface area (Å²) in [5, 5.41) is 8.45. The number of carbonyl (C=O) groups is 2. The van der Waals surface area contributed by atoms with E-state index in [4.69, 9.17) is 10.8 Å². The number of allylic oxidation sites excluding steroid dienone is 2. The second-order valence-electron chi connectivity index (χ2n) is 2.19. The van der Waals surface area contributed by atoms with Crippen LogP contribution < -0.4 is 5.73 Å². The van der Waals surface area contributed by atoms with Crippen LogP contribution in [0.3, 0.4) is 0 Å². The van der Waals surface area contributed by atoms with Gasteiger partial charge in [0.2, 0.25) is 0 Å². The van der Waals surface area contributed by atoms with E-state index < -0.39 is 11.8 Å². The van der Waals surface area contributed by atoms with Gasteiger partial charge in [0.25, 0.3) is 0 Å². The third-order valence-electron chi connectivity index (χ3n) is 1.36. The Bertz CT molecular complexity index is 275. The van der Waals surface area contributed by atoms with Crippen molar-refractivity contribution in [1.82, 2.24) is 0 Å². The van der Waals surface area contributed by atoms with Crippen LogP contribution >= 0.6 is 0 Å².